The van der Waals surface area contributed by atoms with E-state index in [0.717, 1.165) is 33.0 Å². The number of rotatable bonds is 6. The van der Waals surface area contributed by atoms with E-state index in [-0.39, 0.29) is 5.56 Å². The summed E-state index contributed by atoms with van der Waals surface area (Å²) >= 11 is 7.56. The van der Waals surface area contributed by atoms with Gasteiger partial charge in [-0.2, -0.15) is 0 Å². The molecule has 0 unspecified atom stereocenters. The zero-order valence-corrected chi connectivity index (χ0v) is 17.0. The SMILES string of the molecule is Cc1sc2ncn(CCCOc3ccccc3)c(=O)c2c1-c1ccc(Cl)cc1. The lowest BCUT2D eigenvalue weighted by molar-refractivity contribution is 0.301. The van der Waals surface area contributed by atoms with E-state index >= 15 is 0 Å². The number of nitrogens with zero attached hydrogens (tertiary/aromatic N) is 2. The average molecular weight is 411 g/mol. The molecule has 4 rings (SSSR count). The topological polar surface area (TPSA) is 44.1 Å². The summed E-state index contributed by atoms with van der Waals surface area (Å²) in [6.07, 6.45) is 2.36. The quantitative estimate of drug-likeness (QED) is 0.391. The lowest BCUT2D eigenvalue weighted by atomic mass is 10.0. The highest BCUT2D eigenvalue weighted by atomic mass is 35.5. The van der Waals surface area contributed by atoms with Crippen LogP contribution in [0.2, 0.25) is 5.02 Å². The van der Waals surface area contributed by atoms with Crippen LogP contribution in [-0.2, 0) is 6.54 Å². The third kappa shape index (κ3) is 3.81. The van der Waals surface area contributed by atoms with Gasteiger partial charge < -0.3 is 4.74 Å². The second-order valence-electron chi connectivity index (χ2n) is 6.48. The molecule has 0 aliphatic carbocycles. The second kappa shape index (κ2) is 8.17. The highest BCUT2D eigenvalue weighted by Crippen LogP contribution is 2.35. The van der Waals surface area contributed by atoms with Gasteiger partial charge in [0.25, 0.3) is 5.56 Å². The zero-order valence-electron chi connectivity index (χ0n) is 15.4. The van der Waals surface area contributed by atoms with Crippen molar-refractivity contribution in [3.63, 3.8) is 0 Å². The number of fused-ring (bicyclic) bond motifs is 1. The Kier molecular flexibility index (Phi) is 5.46. The standard InChI is InChI=1S/C22H19ClN2O2S/c1-15-19(16-8-10-17(23)11-9-16)20-21(28-15)24-14-25(22(20)26)12-5-13-27-18-6-3-2-4-7-18/h2-4,6-11,14H,5,12-13H2,1H3. The highest BCUT2D eigenvalue weighted by molar-refractivity contribution is 7.19. The maximum Gasteiger partial charge on any atom is 0.262 e. The largest absolute Gasteiger partial charge is 0.494 e. The molecule has 0 aliphatic rings. The molecular weight excluding hydrogens is 392 g/mol. The summed E-state index contributed by atoms with van der Waals surface area (Å²) in [6.45, 7) is 3.12. The zero-order chi connectivity index (χ0) is 19.5. The van der Waals surface area contributed by atoms with Gasteiger partial charge in [-0.15, -0.1) is 11.3 Å². The number of hydrogen-bond acceptors (Lipinski definition) is 4. The molecule has 0 saturated heterocycles. The van der Waals surface area contributed by atoms with E-state index in [1.54, 1.807) is 22.2 Å². The first kappa shape index (κ1) is 18.7. The molecule has 0 bridgehead atoms. The van der Waals surface area contributed by atoms with Crippen LogP contribution < -0.4 is 10.3 Å². The number of para-hydroxylation sites is 1. The molecule has 0 amide bonds. The third-order valence-electron chi connectivity index (χ3n) is 4.54. The summed E-state index contributed by atoms with van der Waals surface area (Å²) in [5.41, 5.74) is 1.92. The lowest BCUT2D eigenvalue weighted by Crippen LogP contribution is -2.21. The summed E-state index contributed by atoms with van der Waals surface area (Å²) in [5, 5.41) is 1.35. The van der Waals surface area contributed by atoms with Crippen LogP contribution in [-0.4, -0.2) is 16.2 Å². The van der Waals surface area contributed by atoms with E-state index in [4.69, 9.17) is 16.3 Å². The van der Waals surface area contributed by atoms with Gasteiger partial charge in [-0.1, -0.05) is 41.9 Å². The van der Waals surface area contributed by atoms with Crippen LogP contribution in [0.3, 0.4) is 0 Å². The summed E-state index contributed by atoms with van der Waals surface area (Å²) in [7, 11) is 0. The fourth-order valence-electron chi connectivity index (χ4n) is 3.20. The Labute approximate surface area is 172 Å². The van der Waals surface area contributed by atoms with Gasteiger partial charge >= 0.3 is 0 Å². The van der Waals surface area contributed by atoms with Crippen molar-refractivity contribution < 1.29 is 4.74 Å². The molecule has 0 fully saturated rings. The van der Waals surface area contributed by atoms with Crippen LogP contribution in [0.25, 0.3) is 21.3 Å². The average Bonchev–Trinajstić information content (AvgIpc) is 3.05. The van der Waals surface area contributed by atoms with Gasteiger partial charge in [0.2, 0.25) is 0 Å². The van der Waals surface area contributed by atoms with Gasteiger partial charge in [-0.25, -0.2) is 4.98 Å². The molecule has 0 atom stereocenters. The smallest absolute Gasteiger partial charge is 0.262 e. The highest BCUT2D eigenvalue weighted by Gasteiger charge is 2.16. The maximum absolute atomic E-state index is 13.1. The molecule has 2 heterocycles. The van der Waals surface area contributed by atoms with Crippen LogP contribution in [0.1, 0.15) is 11.3 Å². The summed E-state index contributed by atoms with van der Waals surface area (Å²) in [5.74, 6) is 0.835. The molecule has 0 N–H and O–H groups in total. The van der Waals surface area contributed by atoms with Gasteiger partial charge in [-0.05, 0) is 43.2 Å². The summed E-state index contributed by atoms with van der Waals surface area (Å²) < 4.78 is 7.39. The van der Waals surface area contributed by atoms with Crippen molar-refractivity contribution >= 4 is 33.2 Å². The number of thiophene rings is 1. The molecule has 0 aliphatic heterocycles. The van der Waals surface area contributed by atoms with Crippen LogP contribution in [0.5, 0.6) is 5.75 Å². The monoisotopic (exact) mass is 410 g/mol. The minimum Gasteiger partial charge on any atom is -0.494 e. The fourth-order valence-corrected chi connectivity index (χ4v) is 4.33. The van der Waals surface area contributed by atoms with Crippen LogP contribution in [0, 0.1) is 6.92 Å². The minimum atomic E-state index is -0.0148. The lowest BCUT2D eigenvalue weighted by Gasteiger charge is -2.08. The Morgan fingerprint density at radius 3 is 2.61 bits per heavy atom. The van der Waals surface area contributed by atoms with Gasteiger partial charge in [0.05, 0.1) is 18.3 Å². The van der Waals surface area contributed by atoms with Crippen molar-refractivity contribution in [2.45, 2.75) is 19.9 Å². The number of hydrogen-bond donors (Lipinski definition) is 0. The predicted octanol–water partition coefficient (Wildman–Crippen LogP) is 5.56. The van der Waals surface area contributed by atoms with E-state index in [1.165, 1.54) is 0 Å². The van der Waals surface area contributed by atoms with E-state index in [0.29, 0.717) is 23.6 Å². The molecule has 0 radical (unpaired) electrons. The van der Waals surface area contributed by atoms with Crippen molar-refractivity contribution in [2.24, 2.45) is 0 Å². The number of aromatic nitrogens is 2. The second-order valence-corrected chi connectivity index (χ2v) is 8.12. The molecule has 2 aromatic heterocycles. The molecule has 2 aromatic carbocycles. The van der Waals surface area contributed by atoms with Crippen LogP contribution in [0.15, 0.2) is 65.7 Å². The van der Waals surface area contributed by atoms with Crippen molar-refractivity contribution in [1.29, 1.82) is 0 Å². The predicted molar refractivity (Wildman–Crippen MR) is 116 cm³/mol. The molecule has 142 valence electrons. The van der Waals surface area contributed by atoms with E-state index in [1.807, 2.05) is 61.5 Å². The number of aryl methyl sites for hydroxylation is 2. The Bertz CT molecular complexity index is 1150. The first-order chi connectivity index (χ1) is 13.6. The van der Waals surface area contributed by atoms with Gasteiger partial charge in [-0.3, -0.25) is 9.36 Å². The Morgan fingerprint density at radius 2 is 1.86 bits per heavy atom. The number of benzene rings is 2. The molecule has 0 saturated carbocycles. The molecule has 4 nitrogen and oxygen atoms in total. The first-order valence-corrected chi connectivity index (χ1v) is 10.3. The number of ether oxygens (including phenoxy) is 1. The maximum atomic E-state index is 13.1. The van der Waals surface area contributed by atoms with Crippen molar-refractivity contribution in [1.82, 2.24) is 9.55 Å². The molecular formula is C22H19ClN2O2S. The third-order valence-corrected chi connectivity index (χ3v) is 5.81. The van der Waals surface area contributed by atoms with E-state index in [9.17, 15) is 4.79 Å². The van der Waals surface area contributed by atoms with Gasteiger partial charge in [0.1, 0.15) is 10.6 Å². The van der Waals surface area contributed by atoms with Gasteiger partial charge in [0, 0.05) is 22.0 Å². The van der Waals surface area contributed by atoms with E-state index in [2.05, 4.69) is 4.98 Å². The first-order valence-electron chi connectivity index (χ1n) is 9.06. The van der Waals surface area contributed by atoms with Crippen LogP contribution in [0.4, 0.5) is 0 Å². The van der Waals surface area contributed by atoms with Gasteiger partial charge in [0.15, 0.2) is 0 Å². The molecule has 4 aromatic rings. The fraction of sp³-hybridized carbons (Fsp3) is 0.182. The van der Waals surface area contributed by atoms with Crippen molar-refractivity contribution in [3.05, 3.63) is 81.2 Å². The molecule has 0 spiro atoms. The van der Waals surface area contributed by atoms with E-state index < -0.39 is 0 Å². The summed E-state index contributed by atoms with van der Waals surface area (Å²) in [4.78, 5) is 19.5. The molecule has 6 heteroatoms. The van der Waals surface area contributed by atoms with Crippen LogP contribution >= 0.6 is 22.9 Å². The Morgan fingerprint density at radius 1 is 1.11 bits per heavy atom. The summed E-state index contributed by atoms with van der Waals surface area (Å²) in [6, 6.07) is 17.3. The number of halogens is 1. The normalized spacial score (nSPS) is 11.1. The molecule has 28 heavy (non-hydrogen) atoms. The minimum absolute atomic E-state index is 0.0148. The Balaban J connectivity index is 1.58. The Hall–Kier alpha value is -2.63. The van der Waals surface area contributed by atoms with Crippen molar-refractivity contribution in [3.8, 4) is 16.9 Å². The van der Waals surface area contributed by atoms with Crippen molar-refractivity contribution in [2.75, 3.05) is 6.61 Å².